The number of benzene rings is 5. The van der Waals surface area contributed by atoms with Crippen molar-refractivity contribution in [1.82, 2.24) is 9.62 Å². The number of hydrogen-bond donors (Lipinski definition) is 3. The summed E-state index contributed by atoms with van der Waals surface area (Å²) in [6.45, 7) is 2.05. The van der Waals surface area contributed by atoms with Crippen molar-refractivity contribution in [1.29, 1.82) is 0 Å². The number of ether oxygens (including phenoxy) is 1. The lowest BCUT2D eigenvalue weighted by Gasteiger charge is -2.34. The Labute approximate surface area is 419 Å². The minimum absolute atomic E-state index is 0.0189. The van der Waals surface area contributed by atoms with E-state index < -0.39 is 64.7 Å². The van der Waals surface area contributed by atoms with Crippen LogP contribution in [0.2, 0.25) is 5.02 Å². The van der Waals surface area contributed by atoms with E-state index in [1.54, 1.807) is 36.2 Å². The molecule has 0 radical (unpaired) electrons. The highest BCUT2D eigenvalue weighted by Crippen LogP contribution is 2.37. The third kappa shape index (κ3) is 15.4. The van der Waals surface area contributed by atoms with Crippen molar-refractivity contribution in [3.8, 4) is 11.1 Å². The summed E-state index contributed by atoms with van der Waals surface area (Å²) in [4.78, 5) is 38.6. The number of sulfone groups is 1. The molecule has 1 amide bonds. The number of nitrogens with one attached hydrogen (secondary N) is 2. The SMILES string of the molecule is CN(CCOC(=O)CSCC(=O)O)CC[C@H](CSc1ccccc1)Nc1ccc(S(=O)(=O)NC(=O)c2ccc(N3CCC(Cc4ccccc4-c4ccc(Cl)cc4)CC3)cc2)cc1S(=O)(=O)C(F)(F)F. The second-order valence-electron chi connectivity index (χ2n) is 16.6. The predicted molar refractivity (Wildman–Crippen MR) is 269 cm³/mol. The first-order valence-electron chi connectivity index (χ1n) is 22.1. The van der Waals surface area contributed by atoms with Gasteiger partial charge in [-0.05, 0) is 129 Å². The molecule has 0 spiro atoms. The van der Waals surface area contributed by atoms with Crippen LogP contribution in [0.1, 0.15) is 35.2 Å². The van der Waals surface area contributed by atoms with E-state index in [0.717, 1.165) is 78.0 Å². The number of amides is 1. The molecule has 0 unspecified atom stereocenters. The Kier molecular flexibility index (Phi) is 19.1. The number of esters is 1. The second kappa shape index (κ2) is 24.7. The fourth-order valence-electron chi connectivity index (χ4n) is 7.71. The van der Waals surface area contributed by atoms with Gasteiger partial charge in [-0.15, -0.1) is 23.5 Å². The number of likely N-dealkylation sites (N-methyl/N-ethyl adjacent to an activating group) is 1. The third-order valence-corrected chi connectivity index (χ3v) is 16.6. The monoisotopic (exact) mass is 1060 g/mol. The van der Waals surface area contributed by atoms with Gasteiger partial charge in [-0.1, -0.05) is 66.2 Å². The van der Waals surface area contributed by atoms with E-state index in [0.29, 0.717) is 23.6 Å². The second-order valence-corrected chi connectivity index (χ2v) is 22.7. The molecule has 5 aromatic rings. The van der Waals surface area contributed by atoms with Crippen molar-refractivity contribution in [3.63, 3.8) is 0 Å². The lowest BCUT2D eigenvalue weighted by atomic mass is 9.87. The Morgan fingerprint density at radius 3 is 2.21 bits per heavy atom. The number of hydrogen-bond acceptors (Lipinski definition) is 13. The van der Waals surface area contributed by atoms with Crippen LogP contribution < -0.4 is 14.9 Å². The van der Waals surface area contributed by atoms with Crippen molar-refractivity contribution < 1.29 is 54.2 Å². The first kappa shape index (κ1) is 54.1. The minimum Gasteiger partial charge on any atom is -0.481 e. The van der Waals surface area contributed by atoms with Crippen LogP contribution in [0, 0.1) is 5.92 Å². The molecule has 1 atom stereocenters. The van der Waals surface area contributed by atoms with Crippen molar-refractivity contribution >= 4 is 84.2 Å². The topological polar surface area (TPSA) is 179 Å². The van der Waals surface area contributed by atoms with E-state index in [1.807, 2.05) is 59.3 Å². The Bertz CT molecular complexity index is 2800. The van der Waals surface area contributed by atoms with Gasteiger partial charge >= 0.3 is 17.4 Å². The highest BCUT2D eigenvalue weighted by atomic mass is 35.5. The first-order valence-corrected chi connectivity index (χ1v) is 27.6. The van der Waals surface area contributed by atoms with E-state index >= 15 is 0 Å². The van der Waals surface area contributed by atoms with Gasteiger partial charge in [-0.25, -0.2) is 21.6 Å². The van der Waals surface area contributed by atoms with Crippen LogP contribution in [0.4, 0.5) is 24.5 Å². The lowest BCUT2D eigenvalue weighted by molar-refractivity contribution is -0.140. The smallest absolute Gasteiger partial charge is 0.481 e. The number of rotatable bonds is 23. The molecular weight excluding hydrogens is 1010 g/mol. The van der Waals surface area contributed by atoms with Crippen LogP contribution in [0.15, 0.2) is 136 Å². The van der Waals surface area contributed by atoms with Gasteiger partial charge in [-0.3, -0.25) is 14.4 Å². The van der Waals surface area contributed by atoms with E-state index in [4.69, 9.17) is 21.4 Å². The molecule has 0 aliphatic carbocycles. The maximum Gasteiger partial charge on any atom is 0.501 e. The molecule has 6 rings (SSSR count). The molecule has 70 heavy (non-hydrogen) atoms. The molecule has 1 aliphatic rings. The average Bonchev–Trinajstić information content (AvgIpc) is 3.33. The van der Waals surface area contributed by atoms with Gasteiger partial charge in [-0.2, -0.15) is 13.2 Å². The Balaban J connectivity index is 1.10. The highest BCUT2D eigenvalue weighted by molar-refractivity contribution is 8.00. The quantitative estimate of drug-likeness (QED) is 0.0417. The largest absolute Gasteiger partial charge is 0.501 e. The summed E-state index contributed by atoms with van der Waals surface area (Å²) in [7, 11) is -9.34. The van der Waals surface area contributed by atoms with Crippen molar-refractivity contribution in [2.45, 2.75) is 51.9 Å². The number of sulfonamides is 1. The van der Waals surface area contributed by atoms with Gasteiger partial charge in [0.05, 0.1) is 22.1 Å². The number of carbonyl (C=O) groups is 3. The van der Waals surface area contributed by atoms with Crippen molar-refractivity contribution in [3.05, 3.63) is 137 Å². The molecule has 13 nitrogen and oxygen atoms in total. The summed E-state index contributed by atoms with van der Waals surface area (Å²) in [6.07, 6.45) is 2.99. The van der Waals surface area contributed by atoms with E-state index in [2.05, 4.69) is 22.3 Å². The maximum atomic E-state index is 14.2. The molecule has 21 heteroatoms. The Hall–Kier alpha value is -5.25. The molecular formula is C49H52ClF3N4O9S4. The predicted octanol–water partition coefficient (Wildman–Crippen LogP) is 9.13. The van der Waals surface area contributed by atoms with Gasteiger partial charge < -0.3 is 25.0 Å². The lowest BCUT2D eigenvalue weighted by Crippen LogP contribution is -2.34. The van der Waals surface area contributed by atoms with Crippen molar-refractivity contribution in [2.75, 3.05) is 67.3 Å². The van der Waals surface area contributed by atoms with E-state index in [9.17, 15) is 44.4 Å². The number of halogens is 4. The van der Waals surface area contributed by atoms with Crippen LogP contribution in [-0.4, -0.2) is 113 Å². The number of alkyl halides is 3. The zero-order chi connectivity index (χ0) is 50.5. The number of anilines is 2. The molecule has 374 valence electrons. The zero-order valence-electron chi connectivity index (χ0n) is 37.9. The van der Waals surface area contributed by atoms with E-state index in [1.165, 1.54) is 29.5 Å². The summed E-state index contributed by atoms with van der Waals surface area (Å²) in [5, 5.41) is 12.3. The average molecular weight is 1060 g/mol. The molecule has 0 bridgehead atoms. The van der Waals surface area contributed by atoms with Gasteiger partial charge in [0.1, 0.15) is 11.5 Å². The summed E-state index contributed by atoms with van der Waals surface area (Å²) in [5.74, 6) is -2.45. The fourth-order valence-corrected chi connectivity index (χ4v) is 11.4. The van der Waals surface area contributed by atoms with E-state index in [-0.39, 0.29) is 42.4 Å². The highest BCUT2D eigenvalue weighted by Gasteiger charge is 2.48. The fraction of sp³-hybridized carbons (Fsp3) is 0.327. The van der Waals surface area contributed by atoms with Gasteiger partial charge in [0, 0.05) is 52.6 Å². The Morgan fingerprint density at radius 1 is 0.871 bits per heavy atom. The van der Waals surface area contributed by atoms with Crippen molar-refractivity contribution in [2.24, 2.45) is 5.92 Å². The molecule has 1 heterocycles. The molecule has 0 saturated carbocycles. The van der Waals surface area contributed by atoms with Crippen LogP contribution in [-0.2, 0) is 40.6 Å². The van der Waals surface area contributed by atoms with Gasteiger partial charge in [0.25, 0.3) is 25.8 Å². The number of carboxylic acids is 1. The van der Waals surface area contributed by atoms with Crippen LogP contribution in [0.5, 0.6) is 0 Å². The van der Waals surface area contributed by atoms with Crippen LogP contribution in [0.3, 0.4) is 0 Å². The minimum atomic E-state index is -6.14. The number of nitrogens with zero attached hydrogens (tertiary/aromatic N) is 2. The summed E-state index contributed by atoms with van der Waals surface area (Å²) in [6, 6.07) is 33.0. The standard InChI is InChI=1S/C49H52ClF3N4O9S4/c1-56(27-28-66-47(60)33-67-32-46(58)59)24-23-39(31-68-41-8-3-2-4-9-41)54-44-20-19-42(30-45(44)69(62,63)49(51,52)53)70(64,65)55-48(61)36-13-17-40(18-14-36)57-25-21-34(22-26-57)29-37-7-5-6-10-43(37)35-11-15-38(50)16-12-35/h2-20,30,34,39,54H,21-29,31-33H2,1H3,(H,55,61)(H,58,59)/t39-/m1/s1. The Morgan fingerprint density at radius 2 is 1.54 bits per heavy atom. The van der Waals surface area contributed by atoms with Gasteiger partial charge in [0.15, 0.2) is 0 Å². The number of carbonyl (C=O) groups excluding carboxylic acids is 2. The maximum absolute atomic E-state index is 14.2. The molecule has 5 aromatic carbocycles. The zero-order valence-corrected chi connectivity index (χ0v) is 42.0. The molecule has 1 aliphatic heterocycles. The van der Waals surface area contributed by atoms with Gasteiger partial charge in [0.2, 0.25) is 0 Å². The molecule has 3 N–H and O–H groups in total. The summed E-state index contributed by atoms with van der Waals surface area (Å²) in [5.41, 5.74) is -2.02. The number of thioether (sulfide) groups is 2. The molecule has 0 aromatic heterocycles. The molecule has 1 fully saturated rings. The number of aliphatic carboxylic acids is 1. The normalized spacial score (nSPS) is 14.0. The van der Waals surface area contributed by atoms with Crippen LogP contribution >= 0.6 is 35.1 Å². The number of carboxylic acid groups (broad SMARTS) is 1. The third-order valence-electron chi connectivity index (χ3n) is 11.5. The number of piperidine rings is 1. The van der Waals surface area contributed by atoms with Crippen LogP contribution in [0.25, 0.3) is 11.1 Å². The summed E-state index contributed by atoms with van der Waals surface area (Å²) < 4.78 is 103. The summed E-state index contributed by atoms with van der Waals surface area (Å²) >= 11 is 8.37. The molecule has 1 saturated heterocycles. The first-order chi connectivity index (χ1) is 33.3.